The fraction of sp³-hybridized carbons (Fsp3) is 0.611. The number of hydrogen-bond donors (Lipinski definition) is 2. The van der Waals surface area contributed by atoms with Gasteiger partial charge in [-0.3, -0.25) is 10.2 Å². The lowest BCUT2D eigenvalue weighted by molar-refractivity contribution is -0.129. The van der Waals surface area contributed by atoms with E-state index in [0.29, 0.717) is 6.42 Å². The van der Waals surface area contributed by atoms with Crippen LogP contribution in [-0.2, 0) is 14.8 Å². The largest absolute Gasteiger partial charge is 0.278 e. The van der Waals surface area contributed by atoms with Crippen LogP contribution in [0.15, 0.2) is 29.2 Å². The van der Waals surface area contributed by atoms with E-state index < -0.39 is 15.8 Å². The van der Waals surface area contributed by atoms with Crippen molar-refractivity contribution in [1.82, 2.24) is 10.3 Å². The summed E-state index contributed by atoms with van der Waals surface area (Å²) in [7, 11) is -3.97. The van der Waals surface area contributed by atoms with Crippen molar-refractivity contribution in [2.75, 3.05) is 0 Å². The summed E-state index contributed by atoms with van der Waals surface area (Å²) in [6.07, 6.45) is 7.52. The molecule has 1 amide bonds. The molecule has 4 aliphatic rings. The van der Waals surface area contributed by atoms with E-state index in [-0.39, 0.29) is 16.2 Å². The van der Waals surface area contributed by atoms with Gasteiger partial charge in [0.15, 0.2) is 0 Å². The zero-order chi connectivity index (χ0) is 17.7. The van der Waals surface area contributed by atoms with Crippen LogP contribution in [0, 0.1) is 29.0 Å². The van der Waals surface area contributed by atoms with Gasteiger partial charge in [0.05, 0.1) is 4.90 Å². The van der Waals surface area contributed by atoms with Crippen molar-refractivity contribution in [3.8, 4) is 0 Å². The molecule has 136 valence electrons. The summed E-state index contributed by atoms with van der Waals surface area (Å²) < 4.78 is 37.5. The van der Waals surface area contributed by atoms with Gasteiger partial charge in [0, 0.05) is 6.42 Å². The lowest BCUT2D eigenvalue weighted by atomic mass is 9.49. The summed E-state index contributed by atoms with van der Waals surface area (Å²) in [6, 6.07) is 4.70. The Morgan fingerprint density at radius 2 is 1.72 bits per heavy atom. The number of hydrazine groups is 1. The number of carbonyl (C=O) groups excluding carboxylic acids is 1. The average Bonchev–Trinajstić information content (AvgIpc) is 2.51. The van der Waals surface area contributed by atoms with Gasteiger partial charge in [-0.1, -0.05) is 6.07 Å². The molecule has 0 unspecified atom stereocenters. The maximum absolute atomic E-state index is 13.2. The van der Waals surface area contributed by atoms with Crippen molar-refractivity contribution in [3.05, 3.63) is 30.1 Å². The third kappa shape index (κ3) is 3.44. The summed E-state index contributed by atoms with van der Waals surface area (Å²) in [5.74, 6) is 1.28. The van der Waals surface area contributed by atoms with Gasteiger partial charge >= 0.3 is 0 Å². The highest BCUT2D eigenvalue weighted by Gasteiger charge is 2.51. The standard InChI is InChI=1S/C18H23FN2O3S/c19-15-2-1-3-16(7-15)25(23,24)21-20-17(22)11-18-8-12-4-13(9-18)6-14(5-12)10-18/h1-3,7,12-14,21H,4-6,8-11H2,(H,20,22). The predicted molar refractivity (Wildman–Crippen MR) is 90.1 cm³/mol. The minimum Gasteiger partial charge on any atom is -0.278 e. The second-order valence-electron chi connectivity index (χ2n) is 8.21. The molecule has 0 saturated heterocycles. The smallest absolute Gasteiger partial charge is 0.257 e. The zero-order valence-electron chi connectivity index (χ0n) is 14.0. The van der Waals surface area contributed by atoms with Crippen LogP contribution in [0.4, 0.5) is 4.39 Å². The van der Waals surface area contributed by atoms with Gasteiger partial charge in [-0.05, 0) is 79.9 Å². The van der Waals surface area contributed by atoms with Crippen LogP contribution in [-0.4, -0.2) is 14.3 Å². The lowest BCUT2D eigenvalue weighted by Gasteiger charge is -2.56. The Hall–Kier alpha value is -1.47. The second-order valence-corrected chi connectivity index (χ2v) is 9.89. The summed E-state index contributed by atoms with van der Waals surface area (Å²) >= 11 is 0. The van der Waals surface area contributed by atoms with E-state index in [1.807, 2.05) is 0 Å². The SMILES string of the molecule is O=C(CC12CC3CC(CC(C3)C1)C2)NNS(=O)(=O)c1cccc(F)c1. The molecule has 4 saturated carbocycles. The van der Waals surface area contributed by atoms with Crippen LogP contribution in [0.5, 0.6) is 0 Å². The number of amides is 1. The first-order chi connectivity index (χ1) is 11.8. The van der Waals surface area contributed by atoms with E-state index in [4.69, 9.17) is 0 Å². The predicted octanol–water partition coefficient (Wildman–Crippen LogP) is 2.74. The first kappa shape index (κ1) is 17.0. The normalized spacial score (nSPS) is 33.4. The van der Waals surface area contributed by atoms with Gasteiger partial charge in [0.25, 0.3) is 10.0 Å². The van der Waals surface area contributed by atoms with Gasteiger partial charge in [0.2, 0.25) is 5.91 Å². The van der Waals surface area contributed by atoms with E-state index in [2.05, 4.69) is 10.3 Å². The molecule has 2 N–H and O–H groups in total. The Kier molecular flexibility index (Phi) is 4.11. The molecule has 0 heterocycles. The highest BCUT2D eigenvalue weighted by molar-refractivity contribution is 7.89. The van der Waals surface area contributed by atoms with Gasteiger partial charge < -0.3 is 0 Å². The maximum atomic E-state index is 13.2. The van der Waals surface area contributed by atoms with Gasteiger partial charge in [-0.25, -0.2) is 12.8 Å². The Labute approximate surface area is 147 Å². The van der Waals surface area contributed by atoms with Crippen molar-refractivity contribution in [1.29, 1.82) is 0 Å². The van der Waals surface area contributed by atoms with Gasteiger partial charge in [-0.2, -0.15) is 0 Å². The number of carbonyl (C=O) groups is 1. The summed E-state index contributed by atoms with van der Waals surface area (Å²) in [5.41, 5.74) is 2.36. The third-order valence-corrected chi connectivity index (χ3v) is 7.38. The van der Waals surface area contributed by atoms with Gasteiger partial charge in [0.1, 0.15) is 5.82 Å². The van der Waals surface area contributed by atoms with Crippen LogP contribution in [0.3, 0.4) is 0 Å². The molecule has 0 radical (unpaired) electrons. The molecule has 7 heteroatoms. The topological polar surface area (TPSA) is 75.3 Å². The van der Waals surface area contributed by atoms with E-state index in [1.165, 1.54) is 37.5 Å². The van der Waals surface area contributed by atoms with Crippen molar-refractivity contribution in [2.45, 2.75) is 49.8 Å². The van der Waals surface area contributed by atoms with Crippen LogP contribution in [0.1, 0.15) is 44.9 Å². The Balaban J connectivity index is 1.38. The minimum atomic E-state index is -3.97. The molecular formula is C18H23FN2O3S. The molecule has 0 atom stereocenters. The first-order valence-corrected chi connectivity index (χ1v) is 10.4. The monoisotopic (exact) mass is 366 g/mol. The van der Waals surface area contributed by atoms with E-state index in [1.54, 1.807) is 0 Å². The number of hydrogen-bond acceptors (Lipinski definition) is 3. The third-order valence-electron chi connectivity index (χ3n) is 6.13. The number of nitrogens with one attached hydrogen (secondary N) is 2. The van der Waals surface area contributed by atoms with Crippen molar-refractivity contribution >= 4 is 15.9 Å². The summed E-state index contributed by atoms with van der Waals surface area (Å²) in [4.78, 5) is 14.2. The van der Waals surface area contributed by atoms with Crippen LogP contribution >= 0.6 is 0 Å². The van der Waals surface area contributed by atoms with E-state index in [0.717, 1.165) is 43.1 Å². The minimum absolute atomic E-state index is 0.0448. The molecule has 0 spiro atoms. The zero-order valence-corrected chi connectivity index (χ0v) is 14.8. The van der Waals surface area contributed by atoms with Crippen molar-refractivity contribution < 1.29 is 17.6 Å². The van der Waals surface area contributed by atoms with Gasteiger partial charge in [-0.15, -0.1) is 4.83 Å². The molecule has 4 bridgehead atoms. The molecule has 1 aromatic rings. The molecule has 1 aromatic carbocycles. The fourth-order valence-electron chi connectivity index (χ4n) is 5.71. The molecule has 0 aliphatic heterocycles. The highest BCUT2D eigenvalue weighted by Crippen LogP contribution is 2.61. The molecule has 4 fully saturated rings. The summed E-state index contributed by atoms with van der Waals surface area (Å²) in [5, 5.41) is 0. The number of halogens is 1. The Morgan fingerprint density at radius 3 is 2.28 bits per heavy atom. The quantitative estimate of drug-likeness (QED) is 0.787. The van der Waals surface area contributed by atoms with Crippen LogP contribution < -0.4 is 10.3 Å². The van der Waals surface area contributed by atoms with E-state index >= 15 is 0 Å². The van der Waals surface area contributed by atoms with Crippen molar-refractivity contribution in [2.24, 2.45) is 23.2 Å². The molecule has 0 aromatic heterocycles. The molecular weight excluding hydrogens is 343 g/mol. The number of rotatable bonds is 5. The molecule has 5 nitrogen and oxygen atoms in total. The maximum Gasteiger partial charge on any atom is 0.257 e. The second kappa shape index (κ2) is 6.06. The number of benzene rings is 1. The first-order valence-electron chi connectivity index (χ1n) is 8.90. The van der Waals surface area contributed by atoms with Crippen molar-refractivity contribution in [3.63, 3.8) is 0 Å². The fourth-order valence-corrected chi connectivity index (χ4v) is 6.60. The molecule has 4 aliphatic carbocycles. The highest BCUT2D eigenvalue weighted by atomic mass is 32.2. The Bertz CT molecular complexity index is 758. The van der Waals surface area contributed by atoms with Crippen LogP contribution in [0.2, 0.25) is 0 Å². The molecule has 25 heavy (non-hydrogen) atoms. The van der Waals surface area contributed by atoms with Crippen LogP contribution in [0.25, 0.3) is 0 Å². The Morgan fingerprint density at radius 1 is 1.12 bits per heavy atom. The molecule has 5 rings (SSSR count). The summed E-state index contributed by atoms with van der Waals surface area (Å²) in [6.45, 7) is 0. The lowest BCUT2D eigenvalue weighted by Crippen LogP contribution is -2.50. The number of sulfonamides is 1. The average molecular weight is 366 g/mol. The van der Waals surface area contributed by atoms with E-state index in [9.17, 15) is 17.6 Å².